The third kappa shape index (κ3) is 2.89. The molecule has 1 aliphatic rings. The molecule has 3 heterocycles. The van der Waals surface area contributed by atoms with Crippen molar-refractivity contribution in [3.63, 3.8) is 0 Å². The number of aromatic nitrogens is 2. The molecule has 7 heteroatoms. The monoisotopic (exact) mass is 412 g/mol. The largest absolute Gasteiger partial charge is 0.325 e. The highest BCUT2D eigenvalue weighted by Gasteiger charge is 2.49. The van der Waals surface area contributed by atoms with Crippen LogP contribution in [0.25, 0.3) is 16.4 Å². The van der Waals surface area contributed by atoms with Crippen molar-refractivity contribution in [3.05, 3.63) is 94.0 Å². The molecule has 5 rings (SSSR count). The number of pyridine rings is 1. The SMILES string of the molecule is Cc1cccn2c(=O)cc(CN3C(=O)N[C@@](C)(c4cccc5ccccc45)C3=O)nc12. The number of carbonyl (C=O) groups is 2. The van der Waals surface area contributed by atoms with Gasteiger partial charge in [0.2, 0.25) is 0 Å². The predicted molar refractivity (Wildman–Crippen MR) is 117 cm³/mol. The van der Waals surface area contributed by atoms with Crippen molar-refractivity contribution < 1.29 is 9.59 Å². The number of hydrogen-bond donors (Lipinski definition) is 1. The number of benzene rings is 2. The minimum absolute atomic E-state index is 0.0783. The second-order valence-corrected chi connectivity index (χ2v) is 7.94. The van der Waals surface area contributed by atoms with Gasteiger partial charge in [-0.25, -0.2) is 9.78 Å². The lowest BCUT2D eigenvalue weighted by Crippen LogP contribution is -2.41. The third-order valence-corrected chi connectivity index (χ3v) is 5.86. The van der Waals surface area contributed by atoms with Crippen LogP contribution >= 0.6 is 0 Å². The van der Waals surface area contributed by atoms with Gasteiger partial charge in [-0.05, 0) is 41.8 Å². The van der Waals surface area contributed by atoms with Gasteiger partial charge in [0.15, 0.2) is 0 Å². The van der Waals surface area contributed by atoms with E-state index in [0.29, 0.717) is 11.3 Å². The van der Waals surface area contributed by atoms with Crippen LogP contribution in [0.1, 0.15) is 23.7 Å². The summed E-state index contributed by atoms with van der Waals surface area (Å²) in [5.74, 6) is -0.374. The van der Waals surface area contributed by atoms with Gasteiger partial charge in [-0.1, -0.05) is 48.5 Å². The fourth-order valence-corrected chi connectivity index (χ4v) is 4.24. The molecular formula is C24H20N4O3. The molecule has 1 N–H and O–H groups in total. The first-order valence-electron chi connectivity index (χ1n) is 9.99. The highest BCUT2D eigenvalue weighted by atomic mass is 16.2. The van der Waals surface area contributed by atoms with Crippen molar-refractivity contribution in [1.29, 1.82) is 0 Å². The Bertz CT molecular complexity index is 1440. The Morgan fingerprint density at radius 2 is 1.77 bits per heavy atom. The quantitative estimate of drug-likeness (QED) is 0.524. The molecule has 0 aliphatic carbocycles. The summed E-state index contributed by atoms with van der Waals surface area (Å²) in [6.45, 7) is 3.49. The zero-order chi connectivity index (χ0) is 21.8. The molecule has 3 amide bonds. The Hall–Kier alpha value is -4.00. The standard InChI is InChI=1S/C24H20N4O3/c1-15-7-6-12-27-20(29)13-17(25-21(15)27)14-28-22(30)24(2,26-23(28)31)19-11-5-9-16-8-3-4-10-18(16)19/h3-13H,14H2,1-2H3,(H,26,31)/t24-/m0/s1. The molecular weight excluding hydrogens is 392 g/mol. The maximum atomic E-state index is 13.4. The number of aryl methyl sites for hydroxylation is 1. The van der Waals surface area contributed by atoms with E-state index in [1.807, 2.05) is 55.5 Å². The van der Waals surface area contributed by atoms with Crippen molar-refractivity contribution in [1.82, 2.24) is 19.6 Å². The van der Waals surface area contributed by atoms with E-state index in [1.165, 1.54) is 10.5 Å². The Labute approximate surface area is 177 Å². The lowest BCUT2D eigenvalue weighted by Gasteiger charge is -2.24. The van der Waals surface area contributed by atoms with E-state index in [4.69, 9.17) is 0 Å². The van der Waals surface area contributed by atoms with Crippen LogP contribution in [0.4, 0.5) is 4.79 Å². The molecule has 0 bridgehead atoms. The van der Waals surface area contributed by atoms with E-state index in [2.05, 4.69) is 10.3 Å². The van der Waals surface area contributed by atoms with E-state index < -0.39 is 11.6 Å². The van der Waals surface area contributed by atoms with E-state index >= 15 is 0 Å². The zero-order valence-corrected chi connectivity index (χ0v) is 17.1. The van der Waals surface area contributed by atoms with Crippen LogP contribution in [-0.4, -0.2) is 26.2 Å². The van der Waals surface area contributed by atoms with Crippen molar-refractivity contribution in [2.45, 2.75) is 25.9 Å². The van der Waals surface area contributed by atoms with Crippen LogP contribution < -0.4 is 10.9 Å². The Kier molecular flexibility index (Phi) is 4.15. The highest BCUT2D eigenvalue weighted by molar-refractivity contribution is 6.09. The van der Waals surface area contributed by atoms with E-state index in [-0.39, 0.29) is 18.0 Å². The van der Waals surface area contributed by atoms with Crippen molar-refractivity contribution in [3.8, 4) is 0 Å². The molecule has 0 radical (unpaired) electrons. The summed E-state index contributed by atoms with van der Waals surface area (Å²) in [7, 11) is 0. The molecule has 154 valence electrons. The van der Waals surface area contributed by atoms with Gasteiger partial charge in [0.1, 0.15) is 11.2 Å². The zero-order valence-electron chi connectivity index (χ0n) is 17.1. The fraction of sp³-hybridized carbons (Fsp3) is 0.167. The molecule has 31 heavy (non-hydrogen) atoms. The molecule has 7 nitrogen and oxygen atoms in total. The molecule has 0 spiro atoms. The Morgan fingerprint density at radius 1 is 1.00 bits per heavy atom. The summed E-state index contributed by atoms with van der Waals surface area (Å²) in [5, 5.41) is 4.74. The van der Waals surface area contributed by atoms with Crippen LogP contribution in [0.5, 0.6) is 0 Å². The van der Waals surface area contributed by atoms with Crippen molar-refractivity contribution in [2.24, 2.45) is 0 Å². The summed E-state index contributed by atoms with van der Waals surface area (Å²) in [5.41, 5.74) is 0.972. The number of amides is 3. The van der Waals surface area contributed by atoms with Crippen LogP contribution in [0, 0.1) is 6.92 Å². The van der Waals surface area contributed by atoms with Gasteiger partial charge in [-0.3, -0.25) is 18.9 Å². The van der Waals surface area contributed by atoms with Gasteiger partial charge < -0.3 is 5.32 Å². The van der Waals surface area contributed by atoms with Gasteiger partial charge in [0, 0.05) is 12.3 Å². The normalized spacial score (nSPS) is 18.7. The third-order valence-electron chi connectivity index (χ3n) is 5.86. The first-order chi connectivity index (χ1) is 14.9. The summed E-state index contributed by atoms with van der Waals surface area (Å²) in [4.78, 5) is 44.4. The molecule has 1 atom stereocenters. The average molecular weight is 412 g/mol. The number of imide groups is 1. The summed E-state index contributed by atoms with van der Waals surface area (Å²) in [6, 6.07) is 17.9. The van der Waals surface area contributed by atoms with Crippen LogP contribution in [-0.2, 0) is 16.9 Å². The van der Waals surface area contributed by atoms with Crippen LogP contribution in [0.15, 0.2) is 71.7 Å². The van der Waals surface area contributed by atoms with Crippen molar-refractivity contribution in [2.75, 3.05) is 0 Å². The molecule has 4 aromatic rings. The number of hydrogen-bond acceptors (Lipinski definition) is 4. The molecule has 2 aromatic carbocycles. The number of nitrogens with zero attached hydrogens (tertiary/aromatic N) is 3. The second-order valence-electron chi connectivity index (χ2n) is 7.94. The first kappa shape index (κ1) is 19.0. The summed E-state index contributed by atoms with van der Waals surface area (Å²) in [6.07, 6.45) is 1.65. The Balaban J connectivity index is 1.55. The summed E-state index contributed by atoms with van der Waals surface area (Å²) < 4.78 is 1.45. The smallest absolute Gasteiger partial charge is 0.319 e. The first-order valence-corrected chi connectivity index (χ1v) is 9.99. The van der Waals surface area contributed by atoms with Gasteiger partial charge in [-0.15, -0.1) is 0 Å². The highest BCUT2D eigenvalue weighted by Crippen LogP contribution is 2.34. The summed E-state index contributed by atoms with van der Waals surface area (Å²) >= 11 is 0. The molecule has 0 unspecified atom stereocenters. The number of carbonyl (C=O) groups excluding carboxylic acids is 2. The second kappa shape index (κ2) is 6.77. The van der Waals surface area contributed by atoms with Crippen LogP contribution in [0.3, 0.4) is 0 Å². The van der Waals surface area contributed by atoms with Gasteiger partial charge in [-0.2, -0.15) is 0 Å². The molecule has 1 saturated heterocycles. The lowest BCUT2D eigenvalue weighted by molar-refractivity contribution is -0.131. The molecule has 0 saturated carbocycles. The lowest BCUT2D eigenvalue weighted by atomic mass is 9.88. The number of rotatable bonds is 3. The van der Waals surface area contributed by atoms with Gasteiger partial charge in [0.05, 0.1) is 12.2 Å². The van der Waals surface area contributed by atoms with E-state index in [0.717, 1.165) is 26.8 Å². The molecule has 1 aliphatic heterocycles. The number of urea groups is 1. The topological polar surface area (TPSA) is 83.8 Å². The number of nitrogens with one attached hydrogen (secondary N) is 1. The van der Waals surface area contributed by atoms with Crippen molar-refractivity contribution >= 4 is 28.4 Å². The van der Waals surface area contributed by atoms with E-state index in [1.54, 1.807) is 19.2 Å². The molecule has 2 aromatic heterocycles. The maximum absolute atomic E-state index is 13.4. The van der Waals surface area contributed by atoms with E-state index in [9.17, 15) is 14.4 Å². The van der Waals surface area contributed by atoms with Crippen LogP contribution in [0.2, 0.25) is 0 Å². The minimum Gasteiger partial charge on any atom is -0.319 e. The van der Waals surface area contributed by atoms with Gasteiger partial charge in [0.25, 0.3) is 11.5 Å². The number of fused-ring (bicyclic) bond motifs is 2. The van der Waals surface area contributed by atoms with Gasteiger partial charge >= 0.3 is 6.03 Å². The average Bonchev–Trinajstić information content (AvgIpc) is 2.98. The maximum Gasteiger partial charge on any atom is 0.325 e. The fourth-order valence-electron chi connectivity index (χ4n) is 4.24. The molecule has 1 fully saturated rings. The Morgan fingerprint density at radius 3 is 2.61 bits per heavy atom. The minimum atomic E-state index is -1.21. The predicted octanol–water partition coefficient (Wildman–Crippen LogP) is 3.12.